The van der Waals surface area contributed by atoms with Crippen molar-refractivity contribution in [3.05, 3.63) is 23.3 Å². The second kappa shape index (κ2) is 4.85. The summed E-state index contributed by atoms with van der Waals surface area (Å²) in [7, 11) is 0. The van der Waals surface area contributed by atoms with E-state index in [0.717, 1.165) is 0 Å². The van der Waals surface area contributed by atoms with Gasteiger partial charge in [0, 0.05) is 5.38 Å². The molecule has 8 nitrogen and oxygen atoms in total. The Hall–Kier alpha value is -2.39. The molecule has 0 saturated carbocycles. The van der Waals surface area contributed by atoms with Crippen molar-refractivity contribution in [2.45, 2.75) is 0 Å². The monoisotopic (exact) mass is 266 g/mol. The summed E-state index contributed by atoms with van der Waals surface area (Å²) in [6.07, 6.45) is 0. The Morgan fingerprint density at radius 3 is 2.89 bits per heavy atom. The summed E-state index contributed by atoms with van der Waals surface area (Å²) in [6, 6.07) is 3.11. The van der Waals surface area contributed by atoms with E-state index in [1.54, 1.807) is 11.4 Å². The van der Waals surface area contributed by atoms with Crippen LogP contribution in [0.2, 0.25) is 0 Å². The maximum Gasteiger partial charge on any atom is 0.300 e. The smallest absolute Gasteiger partial charge is 0.300 e. The highest BCUT2D eigenvalue weighted by molar-refractivity contribution is 7.13. The van der Waals surface area contributed by atoms with Gasteiger partial charge in [-0.1, -0.05) is 0 Å². The minimum atomic E-state index is -0.513. The van der Waals surface area contributed by atoms with Crippen molar-refractivity contribution < 1.29 is 9.21 Å². The molecule has 0 bridgehead atoms. The fourth-order valence-corrected chi connectivity index (χ4v) is 1.90. The lowest BCUT2D eigenvalue weighted by Crippen LogP contribution is -2.29. The Bertz CT molecular complexity index is 598. The molecule has 0 radical (unpaired) electrons. The second-order valence-corrected chi connectivity index (χ2v) is 4.03. The second-order valence-electron chi connectivity index (χ2n) is 3.19. The van der Waals surface area contributed by atoms with Gasteiger partial charge in [0.15, 0.2) is 17.5 Å². The van der Waals surface area contributed by atoms with Crippen LogP contribution in [-0.4, -0.2) is 16.9 Å². The highest BCUT2D eigenvalue weighted by atomic mass is 32.1. The maximum atomic E-state index is 11.2. The van der Waals surface area contributed by atoms with Gasteiger partial charge in [-0.05, 0) is 12.1 Å². The van der Waals surface area contributed by atoms with Crippen LogP contribution in [0.15, 0.2) is 26.9 Å². The number of aromatic nitrogens is 1. The molecule has 7 N–H and O–H groups in total. The van der Waals surface area contributed by atoms with E-state index in [0.29, 0.717) is 16.6 Å². The normalized spacial score (nSPS) is 10.1. The molecule has 2 aromatic heterocycles. The molecule has 0 aliphatic rings. The first-order chi connectivity index (χ1) is 8.60. The molecule has 9 heteroatoms. The molecule has 0 saturated heterocycles. The molecular weight excluding hydrogens is 256 g/mol. The summed E-state index contributed by atoms with van der Waals surface area (Å²) in [4.78, 5) is 19.1. The molecular formula is C9H10N6O2S. The first kappa shape index (κ1) is 12.1. The van der Waals surface area contributed by atoms with E-state index in [2.05, 4.69) is 9.98 Å². The number of hydrazine groups is 1. The largest absolute Gasteiger partial charge is 0.449 e. The number of hydrogen-bond donors (Lipinski definition) is 4. The van der Waals surface area contributed by atoms with Crippen LogP contribution in [0.25, 0.3) is 11.5 Å². The van der Waals surface area contributed by atoms with Crippen molar-refractivity contribution >= 4 is 28.3 Å². The number of nitrogens with one attached hydrogen (secondary N) is 1. The van der Waals surface area contributed by atoms with E-state index in [-0.39, 0.29) is 11.7 Å². The molecule has 0 spiro atoms. The molecule has 2 rings (SSSR count). The van der Waals surface area contributed by atoms with E-state index in [1.807, 2.05) is 5.43 Å². The number of carbonyl (C=O) groups excluding carboxylic acids is 1. The fourth-order valence-electron chi connectivity index (χ4n) is 1.21. The summed E-state index contributed by atoms with van der Waals surface area (Å²) in [5, 5.41) is 2.12. The van der Waals surface area contributed by atoms with Gasteiger partial charge in [-0.15, -0.1) is 11.3 Å². The van der Waals surface area contributed by atoms with E-state index in [1.165, 1.54) is 17.4 Å². The van der Waals surface area contributed by atoms with Gasteiger partial charge in [0.25, 0.3) is 0 Å². The van der Waals surface area contributed by atoms with Crippen molar-refractivity contribution in [3.8, 4) is 11.5 Å². The molecule has 0 aliphatic heterocycles. The zero-order valence-corrected chi connectivity index (χ0v) is 9.90. The van der Waals surface area contributed by atoms with Crippen LogP contribution in [0, 0.1) is 0 Å². The molecule has 18 heavy (non-hydrogen) atoms. The number of guanidine groups is 1. The predicted octanol–water partition coefficient (Wildman–Crippen LogP) is -0.0885. The molecule has 0 unspecified atom stereocenters. The SMILES string of the molecule is NNC(=O)c1ccc(-c2csc(N=C(N)N)n2)o1. The number of rotatable bonds is 3. The number of furan rings is 1. The van der Waals surface area contributed by atoms with E-state index in [9.17, 15) is 4.79 Å². The van der Waals surface area contributed by atoms with Gasteiger partial charge < -0.3 is 15.9 Å². The van der Waals surface area contributed by atoms with Gasteiger partial charge in [-0.25, -0.2) is 10.8 Å². The minimum absolute atomic E-state index is 0.0708. The third kappa shape index (κ3) is 2.47. The predicted molar refractivity (Wildman–Crippen MR) is 66.9 cm³/mol. The summed E-state index contributed by atoms with van der Waals surface area (Å²) in [5.41, 5.74) is 13.0. The standard InChI is InChI=1S/C9H10N6O2S/c10-8(11)14-9-13-4(3-18-9)5-1-2-6(17-5)7(16)15-12/h1-3H,12H2,(H,15,16)(H4,10,11,13,14). The van der Waals surface area contributed by atoms with Crippen LogP contribution in [0.1, 0.15) is 10.6 Å². The van der Waals surface area contributed by atoms with Crippen molar-refractivity contribution in [1.29, 1.82) is 0 Å². The van der Waals surface area contributed by atoms with Gasteiger partial charge >= 0.3 is 5.91 Å². The van der Waals surface area contributed by atoms with Crippen LogP contribution in [0.3, 0.4) is 0 Å². The number of nitrogens with zero attached hydrogens (tertiary/aromatic N) is 2. The molecule has 2 aromatic rings. The first-order valence-electron chi connectivity index (χ1n) is 4.76. The lowest BCUT2D eigenvalue weighted by molar-refractivity contribution is 0.0927. The Kier molecular flexibility index (Phi) is 3.26. The number of nitrogens with two attached hydrogens (primary N) is 3. The molecule has 0 atom stereocenters. The van der Waals surface area contributed by atoms with Crippen molar-refractivity contribution in [2.75, 3.05) is 0 Å². The van der Waals surface area contributed by atoms with Crippen LogP contribution in [0.5, 0.6) is 0 Å². The molecule has 1 amide bonds. The Labute approximate surface area is 105 Å². The van der Waals surface area contributed by atoms with Gasteiger partial charge in [0.1, 0.15) is 5.69 Å². The average Bonchev–Trinajstić information content (AvgIpc) is 2.95. The topological polar surface area (TPSA) is 146 Å². The van der Waals surface area contributed by atoms with Crippen LogP contribution in [-0.2, 0) is 0 Å². The zero-order valence-electron chi connectivity index (χ0n) is 9.08. The number of carbonyl (C=O) groups is 1. The van der Waals surface area contributed by atoms with Gasteiger partial charge in [-0.3, -0.25) is 10.2 Å². The Morgan fingerprint density at radius 2 is 2.22 bits per heavy atom. The minimum Gasteiger partial charge on any atom is -0.449 e. The van der Waals surface area contributed by atoms with Crippen LogP contribution in [0.4, 0.5) is 5.13 Å². The summed E-state index contributed by atoms with van der Waals surface area (Å²) in [6.45, 7) is 0. The number of aliphatic imine (C=N–C) groups is 1. The number of thiazole rings is 1. The molecule has 0 aromatic carbocycles. The van der Waals surface area contributed by atoms with Gasteiger partial charge in [0.2, 0.25) is 5.13 Å². The average molecular weight is 266 g/mol. The van der Waals surface area contributed by atoms with Gasteiger partial charge in [0.05, 0.1) is 0 Å². The summed E-state index contributed by atoms with van der Waals surface area (Å²) in [5.74, 6) is 4.94. The lowest BCUT2D eigenvalue weighted by Gasteiger charge is -1.93. The lowest BCUT2D eigenvalue weighted by atomic mass is 10.3. The van der Waals surface area contributed by atoms with Crippen molar-refractivity contribution in [1.82, 2.24) is 10.4 Å². The molecule has 2 heterocycles. The summed E-state index contributed by atoms with van der Waals surface area (Å²) < 4.78 is 5.28. The third-order valence-corrected chi connectivity index (χ3v) is 2.66. The van der Waals surface area contributed by atoms with E-state index in [4.69, 9.17) is 21.7 Å². The maximum absolute atomic E-state index is 11.2. The van der Waals surface area contributed by atoms with E-state index < -0.39 is 5.91 Å². The van der Waals surface area contributed by atoms with E-state index >= 15 is 0 Å². The molecule has 0 fully saturated rings. The third-order valence-electron chi connectivity index (χ3n) is 1.93. The zero-order chi connectivity index (χ0) is 13.1. The quantitative estimate of drug-likeness (QED) is 0.201. The van der Waals surface area contributed by atoms with Crippen LogP contribution >= 0.6 is 11.3 Å². The summed E-state index contributed by atoms with van der Waals surface area (Å²) >= 11 is 1.25. The first-order valence-corrected chi connectivity index (χ1v) is 5.64. The number of hydrogen-bond acceptors (Lipinski definition) is 6. The highest BCUT2D eigenvalue weighted by Crippen LogP contribution is 2.27. The Balaban J connectivity index is 2.26. The van der Waals surface area contributed by atoms with Crippen molar-refractivity contribution in [3.63, 3.8) is 0 Å². The van der Waals surface area contributed by atoms with Gasteiger partial charge in [-0.2, -0.15) is 4.99 Å². The Morgan fingerprint density at radius 1 is 1.44 bits per heavy atom. The highest BCUT2D eigenvalue weighted by Gasteiger charge is 2.13. The number of nitrogen functional groups attached to an aromatic ring is 1. The fraction of sp³-hybridized carbons (Fsp3) is 0. The van der Waals surface area contributed by atoms with Crippen molar-refractivity contribution in [2.24, 2.45) is 22.3 Å². The molecule has 94 valence electrons. The number of amides is 1. The van der Waals surface area contributed by atoms with Crippen LogP contribution < -0.4 is 22.7 Å². The molecule has 0 aliphatic carbocycles.